The van der Waals surface area contributed by atoms with E-state index in [0.29, 0.717) is 11.5 Å². The van der Waals surface area contributed by atoms with Crippen LogP contribution in [-0.4, -0.2) is 11.9 Å². The summed E-state index contributed by atoms with van der Waals surface area (Å²) in [5.41, 5.74) is 2.78. The van der Waals surface area contributed by atoms with Gasteiger partial charge in [-0.3, -0.25) is 9.59 Å². The third kappa shape index (κ3) is 5.33. The van der Waals surface area contributed by atoms with Crippen molar-refractivity contribution in [2.24, 2.45) is 5.41 Å². The van der Waals surface area contributed by atoms with Crippen molar-refractivity contribution in [1.29, 1.82) is 0 Å². The van der Waals surface area contributed by atoms with Gasteiger partial charge in [0.05, 0.1) is 0 Å². The molecule has 0 fully saturated rings. The highest BCUT2D eigenvalue weighted by Crippen LogP contribution is 2.33. The summed E-state index contributed by atoms with van der Waals surface area (Å²) in [5.74, 6) is -0.441. The van der Waals surface area contributed by atoms with Gasteiger partial charge in [0.1, 0.15) is 11.5 Å². The van der Waals surface area contributed by atoms with Crippen LogP contribution in [0.1, 0.15) is 26.7 Å². The number of carbonyl (C=O) groups excluding carboxylic acids is 2. The lowest BCUT2D eigenvalue weighted by atomic mass is 9.82. The first-order chi connectivity index (χ1) is 17.1. The molecule has 4 nitrogen and oxygen atoms in total. The van der Waals surface area contributed by atoms with Crippen LogP contribution in [0.5, 0.6) is 11.5 Å². The van der Waals surface area contributed by atoms with E-state index in [9.17, 15) is 9.59 Å². The summed E-state index contributed by atoms with van der Waals surface area (Å²) >= 11 is 0. The number of esters is 2. The lowest BCUT2D eigenvalue weighted by molar-refractivity contribution is -0.161. The summed E-state index contributed by atoms with van der Waals surface area (Å²) in [6.07, 6.45) is 0.538. The molecule has 0 bridgehead atoms. The fourth-order valence-electron chi connectivity index (χ4n) is 4.01. The second kappa shape index (κ2) is 10.8. The molecule has 4 rings (SSSR count). The molecule has 35 heavy (non-hydrogen) atoms. The van der Waals surface area contributed by atoms with Crippen molar-refractivity contribution in [2.45, 2.75) is 26.7 Å². The highest BCUT2D eigenvalue weighted by atomic mass is 16.6. The van der Waals surface area contributed by atoms with Gasteiger partial charge in [-0.1, -0.05) is 98.8 Å². The van der Waals surface area contributed by atoms with Gasteiger partial charge >= 0.3 is 11.9 Å². The molecule has 0 saturated heterocycles. The average molecular weight is 465 g/mol. The van der Waals surface area contributed by atoms with Gasteiger partial charge in [-0.05, 0) is 59.4 Å². The molecule has 0 saturated carbocycles. The van der Waals surface area contributed by atoms with Crippen LogP contribution < -0.4 is 9.47 Å². The van der Waals surface area contributed by atoms with Crippen LogP contribution >= 0.6 is 0 Å². The largest absolute Gasteiger partial charge is 0.426 e. The van der Waals surface area contributed by atoms with E-state index >= 15 is 0 Å². The van der Waals surface area contributed by atoms with Crippen LogP contribution in [0.4, 0.5) is 0 Å². The quantitative estimate of drug-likeness (QED) is 0.156. The average Bonchev–Trinajstić information content (AvgIpc) is 2.91. The van der Waals surface area contributed by atoms with E-state index in [-0.39, 0.29) is 12.8 Å². The Morgan fingerprint density at radius 1 is 0.514 bits per heavy atom. The maximum atomic E-state index is 13.2. The maximum Gasteiger partial charge on any atom is 0.328 e. The van der Waals surface area contributed by atoms with Crippen LogP contribution in [-0.2, 0) is 9.59 Å². The van der Waals surface area contributed by atoms with Crippen molar-refractivity contribution in [3.8, 4) is 33.8 Å². The first kappa shape index (κ1) is 24.0. The van der Waals surface area contributed by atoms with Crippen molar-refractivity contribution in [1.82, 2.24) is 0 Å². The van der Waals surface area contributed by atoms with Gasteiger partial charge in [-0.2, -0.15) is 0 Å². The molecule has 0 spiro atoms. The first-order valence-electron chi connectivity index (χ1n) is 11.8. The Labute approximate surface area is 206 Å². The summed E-state index contributed by atoms with van der Waals surface area (Å²) in [7, 11) is 0. The number of carbonyl (C=O) groups is 2. The predicted octanol–water partition coefficient (Wildman–Crippen LogP) is 7.34. The zero-order valence-corrected chi connectivity index (χ0v) is 19.9. The highest BCUT2D eigenvalue weighted by molar-refractivity contribution is 6.01. The third-order valence-corrected chi connectivity index (χ3v) is 6.33. The van der Waals surface area contributed by atoms with E-state index in [1.807, 2.05) is 84.9 Å². The molecule has 0 aromatic heterocycles. The Bertz CT molecular complexity index is 1160. The van der Waals surface area contributed by atoms with Crippen molar-refractivity contribution < 1.29 is 19.1 Å². The van der Waals surface area contributed by atoms with E-state index in [2.05, 4.69) is 0 Å². The Hall–Kier alpha value is -4.18. The van der Waals surface area contributed by atoms with E-state index in [1.54, 1.807) is 38.1 Å². The molecule has 0 unspecified atom stereocenters. The third-order valence-electron chi connectivity index (χ3n) is 6.33. The minimum absolute atomic E-state index is 0.269. The van der Waals surface area contributed by atoms with Gasteiger partial charge in [-0.15, -0.1) is 0 Å². The minimum atomic E-state index is -1.39. The van der Waals surface area contributed by atoms with Crippen molar-refractivity contribution in [2.75, 3.05) is 0 Å². The topological polar surface area (TPSA) is 52.6 Å². The lowest BCUT2D eigenvalue weighted by Crippen LogP contribution is -2.43. The van der Waals surface area contributed by atoms with Crippen LogP contribution in [0.2, 0.25) is 0 Å². The smallest absolute Gasteiger partial charge is 0.328 e. The molecule has 176 valence electrons. The normalized spacial score (nSPS) is 11.0. The molecule has 0 radical (unpaired) electrons. The molecule has 4 heteroatoms. The summed E-state index contributed by atoms with van der Waals surface area (Å²) in [6, 6.07) is 34.4. The maximum absolute atomic E-state index is 13.2. The zero-order valence-electron chi connectivity index (χ0n) is 19.9. The SMILES string of the molecule is CCC(CC)(C(=O)Oc1ccc(-c2ccccc2)cc1)C(=O)Oc1ccc(-c2ccccc2)cc1. The molecular formula is C31H28O4. The Balaban J connectivity index is 1.47. The fourth-order valence-corrected chi connectivity index (χ4v) is 4.01. The molecule has 0 heterocycles. The summed E-state index contributed by atoms with van der Waals surface area (Å²) in [4.78, 5) is 26.4. The van der Waals surface area contributed by atoms with Crippen molar-refractivity contribution >= 4 is 11.9 Å². The number of benzene rings is 4. The molecule has 0 N–H and O–H groups in total. The van der Waals surface area contributed by atoms with E-state index in [4.69, 9.17) is 9.47 Å². The molecular weight excluding hydrogens is 436 g/mol. The molecule has 0 amide bonds. The van der Waals surface area contributed by atoms with Crippen molar-refractivity contribution in [3.05, 3.63) is 109 Å². The lowest BCUT2D eigenvalue weighted by Gasteiger charge is -2.26. The molecule has 0 aliphatic heterocycles. The number of rotatable bonds is 8. The second-order valence-electron chi connectivity index (χ2n) is 8.35. The zero-order chi connectivity index (χ0) is 24.7. The van der Waals surface area contributed by atoms with Crippen LogP contribution in [0, 0.1) is 5.41 Å². The van der Waals surface area contributed by atoms with Gasteiger partial charge in [0.2, 0.25) is 0 Å². The summed E-state index contributed by atoms with van der Waals surface area (Å²) in [5, 5.41) is 0. The number of hydrogen-bond donors (Lipinski definition) is 0. The Morgan fingerprint density at radius 2 is 0.829 bits per heavy atom. The first-order valence-corrected chi connectivity index (χ1v) is 11.8. The van der Waals surface area contributed by atoms with Gasteiger partial charge < -0.3 is 9.47 Å². The summed E-state index contributed by atoms with van der Waals surface area (Å²) < 4.78 is 11.3. The predicted molar refractivity (Wildman–Crippen MR) is 138 cm³/mol. The van der Waals surface area contributed by atoms with Gasteiger partial charge in [0.25, 0.3) is 0 Å². The van der Waals surface area contributed by atoms with E-state index in [0.717, 1.165) is 22.3 Å². The van der Waals surface area contributed by atoms with E-state index < -0.39 is 17.4 Å². The molecule has 4 aromatic rings. The van der Waals surface area contributed by atoms with Crippen LogP contribution in [0.15, 0.2) is 109 Å². The highest BCUT2D eigenvalue weighted by Gasteiger charge is 2.46. The standard InChI is InChI=1S/C31H28O4/c1-3-31(4-2,29(32)34-27-19-15-25(16-20-27)23-11-7-5-8-12-23)30(33)35-28-21-17-26(18-22-28)24-13-9-6-10-14-24/h5-22H,3-4H2,1-2H3. The van der Waals surface area contributed by atoms with Crippen molar-refractivity contribution in [3.63, 3.8) is 0 Å². The number of hydrogen-bond acceptors (Lipinski definition) is 4. The Kier molecular flexibility index (Phi) is 7.41. The number of ether oxygens (including phenoxy) is 2. The molecule has 4 aromatic carbocycles. The van der Waals surface area contributed by atoms with Crippen LogP contribution in [0.25, 0.3) is 22.3 Å². The van der Waals surface area contributed by atoms with Crippen LogP contribution in [0.3, 0.4) is 0 Å². The fraction of sp³-hybridized carbons (Fsp3) is 0.161. The van der Waals surface area contributed by atoms with Gasteiger partial charge in [0.15, 0.2) is 5.41 Å². The van der Waals surface area contributed by atoms with E-state index in [1.165, 1.54) is 0 Å². The van der Waals surface area contributed by atoms with Gasteiger partial charge in [0, 0.05) is 0 Å². The summed E-state index contributed by atoms with van der Waals surface area (Å²) in [6.45, 7) is 3.59. The molecule has 0 aliphatic carbocycles. The van der Waals surface area contributed by atoms with Gasteiger partial charge in [-0.25, -0.2) is 0 Å². The molecule has 0 atom stereocenters. The second-order valence-corrected chi connectivity index (χ2v) is 8.35. The monoisotopic (exact) mass is 464 g/mol. The minimum Gasteiger partial charge on any atom is -0.426 e. The Morgan fingerprint density at radius 3 is 1.14 bits per heavy atom. The molecule has 0 aliphatic rings.